The third-order valence-corrected chi connectivity index (χ3v) is 3.98. The minimum absolute atomic E-state index is 0.0685. The first kappa shape index (κ1) is 13.7. The normalized spacial score (nSPS) is 12.5. The summed E-state index contributed by atoms with van der Waals surface area (Å²) in [6.45, 7) is 2.13. The number of hydrazine groups is 1. The number of nitrogens with two attached hydrogens (primary N) is 1. The smallest absolute Gasteiger partial charge is 0.0507 e. The van der Waals surface area contributed by atoms with Crippen LogP contribution >= 0.6 is 0 Å². The number of benzene rings is 2. The van der Waals surface area contributed by atoms with Crippen LogP contribution in [0.3, 0.4) is 0 Å². The summed E-state index contributed by atoms with van der Waals surface area (Å²) in [7, 11) is 0. The number of pyridine rings is 1. The molecule has 0 aliphatic rings. The van der Waals surface area contributed by atoms with Crippen LogP contribution in [-0.4, -0.2) is 4.98 Å². The molecule has 1 atom stereocenters. The molecule has 106 valence electrons. The Hall–Kier alpha value is -2.23. The highest BCUT2D eigenvalue weighted by Crippen LogP contribution is 2.26. The van der Waals surface area contributed by atoms with E-state index in [1.54, 1.807) is 0 Å². The molecule has 0 aliphatic heterocycles. The Morgan fingerprint density at radius 2 is 1.95 bits per heavy atom. The van der Waals surface area contributed by atoms with Gasteiger partial charge in [-0.25, -0.2) is 0 Å². The zero-order chi connectivity index (χ0) is 14.7. The van der Waals surface area contributed by atoms with Gasteiger partial charge in [0.2, 0.25) is 0 Å². The topological polar surface area (TPSA) is 50.9 Å². The van der Waals surface area contributed by atoms with Gasteiger partial charge in [0.15, 0.2) is 0 Å². The molecular formula is C18H19N3. The number of fused-ring (bicyclic) bond motifs is 1. The Balaban J connectivity index is 2.01. The summed E-state index contributed by atoms with van der Waals surface area (Å²) < 4.78 is 0. The maximum Gasteiger partial charge on any atom is 0.0507 e. The van der Waals surface area contributed by atoms with Crippen LogP contribution in [0.1, 0.15) is 22.7 Å². The monoisotopic (exact) mass is 277 g/mol. The highest BCUT2D eigenvalue weighted by molar-refractivity contribution is 5.85. The molecule has 0 amide bonds. The van der Waals surface area contributed by atoms with Crippen molar-refractivity contribution in [1.29, 1.82) is 0 Å². The quantitative estimate of drug-likeness (QED) is 0.568. The van der Waals surface area contributed by atoms with Gasteiger partial charge in [-0.2, -0.15) is 0 Å². The molecule has 0 spiro atoms. The lowest BCUT2D eigenvalue weighted by Crippen LogP contribution is -2.30. The van der Waals surface area contributed by atoms with E-state index in [-0.39, 0.29) is 6.04 Å². The average molecular weight is 277 g/mol. The van der Waals surface area contributed by atoms with Crippen LogP contribution in [0.2, 0.25) is 0 Å². The van der Waals surface area contributed by atoms with Crippen LogP contribution in [0, 0.1) is 6.92 Å². The van der Waals surface area contributed by atoms with Crippen molar-refractivity contribution in [3.05, 3.63) is 77.6 Å². The molecule has 3 heteroatoms. The summed E-state index contributed by atoms with van der Waals surface area (Å²) in [5.41, 5.74) is 6.74. The summed E-state index contributed by atoms with van der Waals surface area (Å²) in [4.78, 5) is 4.25. The van der Waals surface area contributed by atoms with E-state index in [9.17, 15) is 0 Å². The SMILES string of the molecule is Cc1ccccc1CC(NN)c1cccc2ccncc12. The van der Waals surface area contributed by atoms with E-state index in [0.717, 1.165) is 11.8 Å². The largest absolute Gasteiger partial charge is 0.271 e. The summed E-state index contributed by atoms with van der Waals surface area (Å²) in [6.07, 6.45) is 4.59. The maximum atomic E-state index is 5.82. The van der Waals surface area contributed by atoms with Crippen molar-refractivity contribution < 1.29 is 0 Å². The van der Waals surface area contributed by atoms with Gasteiger partial charge in [-0.05, 0) is 41.5 Å². The minimum atomic E-state index is 0.0685. The van der Waals surface area contributed by atoms with E-state index in [4.69, 9.17) is 5.84 Å². The number of nitrogens with zero attached hydrogens (tertiary/aromatic N) is 1. The number of hydrogen-bond donors (Lipinski definition) is 2. The van der Waals surface area contributed by atoms with E-state index in [1.165, 1.54) is 22.1 Å². The lowest BCUT2D eigenvalue weighted by atomic mass is 9.94. The third-order valence-electron chi connectivity index (χ3n) is 3.98. The number of aromatic nitrogens is 1. The van der Waals surface area contributed by atoms with Gasteiger partial charge in [-0.3, -0.25) is 16.3 Å². The van der Waals surface area contributed by atoms with Crippen molar-refractivity contribution in [2.75, 3.05) is 0 Å². The summed E-state index contributed by atoms with van der Waals surface area (Å²) in [5.74, 6) is 5.82. The molecule has 0 saturated carbocycles. The van der Waals surface area contributed by atoms with Crippen LogP contribution in [-0.2, 0) is 6.42 Å². The first-order valence-corrected chi connectivity index (χ1v) is 7.13. The molecule has 0 aliphatic carbocycles. The number of rotatable bonds is 4. The minimum Gasteiger partial charge on any atom is -0.271 e. The van der Waals surface area contributed by atoms with Gasteiger partial charge in [0, 0.05) is 17.8 Å². The van der Waals surface area contributed by atoms with Gasteiger partial charge < -0.3 is 0 Å². The Morgan fingerprint density at radius 1 is 1.10 bits per heavy atom. The molecule has 0 bridgehead atoms. The van der Waals surface area contributed by atoms with Crippen molar-refractivity contribution in [3.63, 3.8) is 0 Å². The van der Waals surface area contributed by atoms with Crippen LogP contribution in [0.5, 0.6) is 0 Å². The predicted molar refractivity (Wildman–Crippen MR) is 86.7 cm³/mol. The summed E-state index contributed by atoms with van der Waals surface area (Å²) in [5, 5.41) is 2.34. The molecule has 3 aromatic rings. The summed E-state index contributed by atoms with van der Waals surface area (Å²) >= 11 is 0. The van der Waals surface area contributed by atoms with Crippen molar-refractivity contribution >= 4 is 10.8 Å². The molecule has 2 aromatic carbocycles. The first-order valence-electron chi connectivity index (χ1n) is 7.13. The van der Waals surface area contributed by atoms with Crippen LogP contribution in [0.25, 0.3) is 10.8 Å². The molecule has 0 saturated heterocycles. The van der Waals surface area contributed by atoms with E-state index < -0.39 is 0 Å². The molecule has 3 N–H and O–H groups in total. The number of aryl methyl sites for hydroxylation is 1. The van der Waals surface area contributed by atoms with E-state index in [0.29, 0.717) is 0 Å². The molecule has 1 aromatic heterocycles. The maximum absolute atomic E-state index is 5.82. The fourth-order valence-corrected chi connectivity index (χ4v) is 2.76. The van der Waals surface area contributed by atoms with Gasteiger partial charge >= 0.3 is 0 Å². The standard InChI is InChI=1S/C18H19N3/c1-13-5-2-3-6-15(13)11-18(21-19)16-8-4-7-14-9-10-20-12-17(14)16/h2-10,12,18,21H,11,19H2,1H3. The lowest BCUT2D eigenvalue weighted by Gasteiger charge is -2.19. The highest BCUT2D eigenvalue weighted by Gasteiger charge is 2.14. The lowest BCUT2D eigenvalue weighted by molar-refractivity contribution is 0.554. The van der Waals surface area contributed by atoms with Crippen molar-refractivity contribution in [1.82, 2.24) is 10.4 Å². The van der Waals surface area contributed by atoms with E-state index >= 15 is 0 Å². The second-order valence-corrected chi connectivity index (χ2v) is 5.29. The fourth-order valence-electron chi connectivity index (χ4n) is 2.76. The van der Waals surface area contributed by atoms with Crippen LogP contribution in [0.15, 0.2) is 60.9 Å². The highest BCUT2D eigenvalue weighted by atomic mass is 15.2. The molecule has 3 nitrogen and oxygen atoms in total. The molecular weight excluding hydrogens is 258 g/mol. The van der Waals surface area contributed by atoms with Gasteiger partial charge in [0.1, 0.15) is 0 Å². The van der Waals surface area contributed by atoms with E-state index in [2.05, 4.69) is 59.8 Å². The van der Waals surface area contributed by atoms with E-state index in [1.807, 2.05) is 18.5 Å². The molecule has 1 unspecified atom stereocenters. The fraction of sp³-hybridized carbons (Fsp3) is 0.167. The molecule has 21 heavy (non-hydrogen) atoms. The third kappa shape index (κ3) is 2.79. The molecule has 3 rings (SSSR count). The Labute approximate surface area is 124 Å². The molecule has 0 radical (unpaired) electrons. The second-order valence-electron chi connectivity index (χ2n) is 5.29. The van der Waals surface area contributed by atoms with Crippen molar-refractivity contribution in [2.24, 2.45) is 5.84 Å². The van der Waals surface area contributed by atoms with Gasteiger partial charge in [0.25, 0.3) is 0 Å². The molecule has 0 fully saturated rings. The second kappa shape index (κ2) is 6.04. The number of nitrogens with one attached hydrogen (secondary N) is 1. The Bertz CT molecular complexity index is 747. The molecule has 1 heterocycles. The average Bonchev–Trinajstić information content (AvgIpc) is 2.54. The predicted octanol–water partition coefficient (Wildman–Crippen LogP) is 3.29. The zero-order valence-electron chi connectivity index (χ0n) is 12.1. The Morgan fingerprint density at radius 3 is 2.76 bits per heavy atom. The Kier molecular flexibility index (Phi) is 3.95. The van der Waals surface area contributed by atoms with Gasteiger partial charge in [0.05, 0.1) is 6.04 Å². The number of hydrogen-bond acceptors (Lipinski definition) is 3. The summed E-state index contributed by atoms with van der Waals surface area (Å²) in [6, 6.07) is 16.8. The van der Waals surface area contributed by atoms with Crippen molar-refractivity contribution in [3.8, 4) is 0 Å². The van der Waals surface area contributed by atoms with Crippen molar-refractivity contribution in [2.45, 2.75) is 19.4 Å². The van der Waals surface area contributed by atoms with Crippen LogP contribution in [0.4, 0.5) is 0 Å². The van der Waals surface area contributed by atoms with Gasteiger partial charge in [-0.15, -0.1) is 0 Å². The van der Waals surface area contributed by atoms with Crippen LogP contribution < -0.4 is 11.3 Å². The van der Waals surface area contributed by atoms with Gasteiger partial charge in [-0.1, -0.05) is 42.5 Å². The zero-order valence-corrected chi connectivity index (χ0v) is 12.1. The first-order chi connectivity index (χ1) is 10.3.